The van der Waals surface area contributed by atoms with Crippen molar-refractivity contribution in [1.29, 1.82) is 0 Å². The molecule has 0 aromatic heterocycles. The van der Waals surface area contributed by atoms with Crippen molar-refractivity contribution in [2.45, 2.75) is 44.7 Å². The molecule has 2 unspecified atom stereocenters. The number of rotatable bonds is 5. The average molecular weight is 292 g/mol. The summed E-state index contributed by atoms with van der Waals surface area (Å²) in [5.41, 5.74) is 1.04. The topological polar surface area (TPSA) is 70.6 Å². The van der Waals surface area contributed by atoms with Crippen molar-refractivity contribution in [3.05, 3.63) is 29.8 Å². The summed E-state index contributed by atoms with van der Waals surface area (Å²) in [4.78, 5) is 12.1. The van der Waals surface area contributed by atoms with Crippen LogP contribution in [0.25, 0.3) is 0 Å². The summed E-state index contributed by atoms with van der Waals surface area (Å²) in [6.07, 6.45) is 3.25. The molecule has 1 heterocycles. The van der Waals surface area contributed by atoms with Crippen molar-refractivity contribution < 1.29 is 14.6 Å². The van der Waals surface area contributed by atoms with Crippen LogP contribution in [-0.2, 0) is 0 Å². The van der Waals surface area contributed by atoms with Crippen molar-refractivity contribution in [1.82, 2.24) is 10.6 Å². The monoisotopic (exact) mass is 292 g/mol. The lowest BCUT2D eigenvalue weighted by molar-refractivity contribution is 0.230. The lowest BCUT2D eigenvalue weighted by atomic mass is 10.0. The number of benzene rings is 1. The molecule has 1 aromatic carbocycles. The molecule has 5 heteroatoms. The molecule has 116 valence electrons. The van der Waals surface area contributed by atoms with E-state index in [2.05, 4.69) is 10.6 Å². The molecule has 0 bridgehead atoms. The lowest BCUT2D eigenvalue weighted by Crippen LogP contribution is -2.42. The Morgan fingerprint density at radius 1 is 1.48 bits per heavy atom. The van der Waals surface area contributed by atoms with Gasteiger partial charge in [0.2, 0.25) is 0 Å². The van der Waals surface area contributed by atoms with Crippen LogP contribution in [0.5, 0.6) is 5.75 Å². The third-order valence-electron chi connectivity index (χ3n) is 3.67. The van der Waals surface area contributed by atoms with Crippen LogP contribution in [-0.4, -0.2) is 30.4 Å². The molecule has 0 spiro atoms. The van der Waals surface area contributed by atoms with Gasteiger partial charge in [0.25, 0.3) is 0 Å². The highest BCUT2D eigenvalue weighted by molar-refractivity contribution is 5.74. The minimum absolute atomic E-state index is 0.0197. The van der Waals surface area contributed by atoms with Gasteiger partial charge >= 0.3 is 6.03 Å². The van der Waals surface area contributed by atoms with Crippen LogP contribution in [0.2, 0.25) is 0 Å². The summed E-state index contributed by atoms with van der Waals surface area (Å²) in [7, 11) is 0. The fourth-order valence-electron chi connectivity index (χ4n) is 2.57. The molecule has 0 saturated heterocycles. The molecule has 21 heavy (non-hydrogen) atoms. The van der Waals surface area contributed by atoms with E-state index in [1.165, 1.54) is 0 Å². The van der Waals surface area contributed by atoms with Gasteiger partial charge in [-0.05, 0) is 38.7 Å². The third kappa shape index (κ3) is 4.63. The summed E-state index contributed by atoms with van der Waals surface area (Å²) < 4.78 is 5.69. The van der Waals surface area contributed by atoms with Crippen LogP contribution in [0.1, 0.15) is 44.2 Å². The molecule has 2 rings (SSSR count). The van der Waals surface area contributed by atoms with Crippen LogP contribution < -0.4 is 15.4 Å². The van der Waals surface area contributed by atoms with E-state index in [0.29, 0.717) is 13.0 Å². The number of ether oxygens (including phenoxy) is 1. The summed E-state index contributed by atoms with van der Waals surface area (Å²) in [5, 5.41) is 14.7. The van der Waals surface area contributed by atoms with E-state index in [-0.39, 0.29) is 24.7 Å². The van der Waals surface area contributed by atoms with Crippen molar-refractivity contribution >= 4 is 6.03 Å². The molecule has 1 aliphatic rings. The van der Waals surface area contributed by atoms with E-state index in [1.807, 2.05) is 31.2 Å². The van der Waals surface area contributed by atoms with Crippen LogP contribution in [0.4, 0.5) is 4.79 Å². The smallest absolute Gasteiger partial charge is 0.315 e. The molecule has 0 fully saturated rings. The fraction of sp³-hybridized carbons (Fsp3) is 0.562. The van der Waals surface area contributed by atoms with E-state index in [0.717, 1.165) is 30.6 Å². The van der Waals surface area contributed by atoms with E-state index < -0.39 is 0 Å². The summed E-state index contributed by atoms with van der Waals surface area (Å²) in [6, 6.07) is 7.71. The van der Waals surface area contributed by atoms with Gasteiger partial charge in [-0.3, -0.25) is 0 Å². The first kappa shape index (κ1) is 15.6. The SMILES string of the molecule is CC(CCCO)NC(=O)NC1CCCOc2ccccc21. The van der Waals surface area contributed by atoms with Gasteiger partial charge in [-0.1, -0.05) is 18.2 Å². The number of carbonyl (C=O) groups excluding carboxylic acids is 1. The molecule has 3 N–H and O–H groups in total. The number of urea groups is 1. The lowest BCUT2D eigenvalue weighted by Gasteiger charge is -2.20. The van der Waals surface area contributed by atoms with Crippen LogP contribution >= 0.6 is 0 Å². The largest absolute Gasteiger partial charge is 0.493 e. The van der Waals surface area contributed by atoms with Gasteiger partial charge in [-0.25, -0.2) is 4.79 Å². The van der Waals surface area contributed by atoms with E-state index in [1.54, 1.807) is 0 Å². The van der Waals surface area contributed by atoms with Gasteiger partial charge in [0.15, 0.2) is 0 Å². The van der Waals surface area contributed by atoms with E-state index in [4.69, 9.17) is 9.84 Å². The van der Waals surface area contributed by atoms with Crippen LogP contribution in [0.15, 0.2) is 24.3 Å². The number of para-hydroxylation sites is 1. The number of hydrogen-bond acceptors (Lipinski definition) is 3. The average Bonchev–Trinajstić information content (AvgIpc) is 2.68. The zero-order valence-corrected chi connectivity index (χ0v) is 12.5. The normalized spacial score (nSPS) is 18.9. The Hall–Kier alpha value is -1.75. The first-order valence-electron chi connectivity index (χ1n) is 7.60. The highest BCUT2D eigenvalue weighted by Crippen LogP contribution is 2.30. The Balaban J connectivity index is 1.94. The van der Waals surface area contributed by atoms with E-state index >= 15 is 0 Å². The number of aliphatic hydroxyl groups excluding tert-OH is 1. The van der Waals surface area contributed by atoms with Gasteiger partial charge in [-0.2, -0.15) is 0 Å². The third-order valence-corrected chi connectivity index (χ3v) is 3.67. The van der Waals surface area contributed by atoms with Gasteiger partial charge in [-0.15, -0.1) is 0 Å². The number of aliphatic hydroxyl groups is 1. The molecule has 0 saturated carbocycles. The molecule has 1 aliphatic heterocycles. The molecule has 5 nitrogen and oxygen atoms in total. The zero-order valence-electron chi connectivity index (χ0n) is 12.5. The molecule has 0 radical (unpaired) electrons. The minimum Gasteiger partial charge on any atom is -0.493 e. The van der Waals surface area contributed by atoms with Gasteiger partial charge in [0.05, 0.1) is 12.6 Å². The Kier molecular flexibility index (Phi) is 5.87. The van der Waals surface area contributed by atoms with Crippen LogP contribution in [0.3, 0.4) is 0 Å². The highest BCUT2D eigenvalue weighted by Gasteiger charge is 2.21. The number of amides is 2. The van der Waals surface area contributed by atoms with Crippen molar-refractivity contribution in [2.75, 3.05) is 13.2 Å². The van der Waals surface area contributed by atoms with Gasteiger partial charge in [0.1, 0.15) is 5.75 Å². The predicted molar refractivity (Wildman–Crippen MR) is 81.4 cm³/mol. The second kappa shape index (κ2) is 7.88. The quantitative estimate of drug-likeness (QED) is 0.780. The number of hydrogen-bond donors (Lipinski definition) is 3. The van der Waals surface area contributed by atoms with Crippen molar-refractivity contribution in [3.8, 4) is 5.75 Å². The fourth-order valence-corrected chi connectivity index (χ4v) is 2.57. The first-order chi connectivity index (χ1) is 10.2. The van der Waals surface area contributed by atoms with E-state index in [9.17, 15) is 4.79 Å². The Labute approximate surface area is 125 Å². The summed E-state index contributed by atoms with van der Waals surface area (Å²) >= 11 is 0. The van der Waals surface area contributed by atoms with Crippen LogP contribution in [0, 0.1) is 0 Å². The molecular weight excluding hydrogens is 268 g/mol. The summed E-state index contributed by atoms with van der Waals surface area (Å²) in [5.74, 6) is 0.855. The molecule has 1 aromatic rings. The van der Waals surface area contributed by atoms with Crippen molar-refractivity contribution in [2.24, 2.45) is 0 Å². The maximum absolute atomic E-state index is 12.1. The second-order valence-electron chi connectivity index (χ2n) is 5.47. The standard InChI is InChI=1S/C16H24N2O3/c1-12(6-4-10-19)17-16(20)18-14-8-5-11-21-15-9-3-2-7-13(14)15/h2-3,7,9,12,14,19H,4-6,8,10-11H2,1H3,(H2,17,18,20). The first-order valence-corrected chi connectivity index (χ1v) is 7.60. The minimum atomic E-state index is -0.165. The number of nitrogens with one attached hydrogen (secondary N) is 2. The Bertz CT molecular complexity index is 465. The number of fused-ring (bicyclic) bond motifs is 1. The predicted octanol–water partition coefficient (Wildman–Crippen LogP) is 2.36. The molecule has 2 amide bonds. The Morgan fingerprint density at radius 2 is 2.29 bits per heavy atom. The number of carbonyl (C=O) groups is 1. The molecular formula is C16H24N2O3. The summed E-state index contributed by atoms with van der Waals surface area (Å²) in [6.45, 7) is 2.78. The molecule has 2 atom stereocenters. The van der Waals surface area contributed by atoms with Gasteiger partial charge < -0.3 is 20.5 Å². The maximum Gasteiger partial charge on any atom is 0.315 e. The second-order valence-corrected chi connectivity index (χ2v) is 5.47. The highest BCUT2D eigenvalue weighted by atomic mass is 16.5. The molecule has 0 aliphatic carbocycles. The zero-order chi connectivity index (χ0) is 15.1. The van der Waals surface area contributed by atoms with Crippen molar-refractivity contribution in [3.63, 3.8) is 0 Å². The van der Waals surface area contributed by atoms with Gasteiger partial charge in [0, 0.05) is 18.2 Å². The Morgan fingerprint density at radius 3 is 3.10 bits per heavy atom. The maximum atomic E-state index is 12.1.